The highest BCUT2D eigenvalue weighted by Crippen LogP contribution is 2.17. The van der Waals surface area contributed by atoms with E-state index >= 15 is 0 Å². The Morgan fingerprint density at radius 2 is 2.19 bits per heavy atom. The molecule has 1 aliphatic carbocycles. The van der Waals surface area contributed by atoms with Crippen LogP contribution in [0, 0.1) is 6.92 Å². The van der Waals surface area contributed by atoms with Crippen LogP contribution >= 0.6 is 0 Å². The molecule has 0 amide bonds. The summed E-state index contributed by atoms with van der Waals surface area (Å²) in [7, 11) is 1.69. The Kier molecular flexibility index (Phi) is 3.18. The van der Waals surface area contributed by atoms with Gasteiger partial charge in [-0.25, -0.2) is 0 Å². The maximum Gasteiger partial charge on any atom is 0.126 e. The normalized spacial score (nSPS) is 17.0. The number of rotatable bonds is 3. The molecule has 1 aromatic rings. The summed E-state index contributed by atoms with van der Waals surface area (Å²) < 4.78 is 5.30. The van der Waals surface area contributed by atoms with Crippen LogP contribution in [0.2, 0.25) is 0 Å². The topological polar surface area (TPSA) is 21.3 Å². The number of hydrogen-bond acceptors (Lipinski definition) is 2. The summed E-state index contributed by atoms with van der Waals surface area (Å²) in [6, 6.07) is 4.81. The summed E-state index contributed by atoms with van der Waals surface area (Å²) in [6.45, 7) is 6.13. The molecule has 0 aliphatic heterocycles. The number of ether oxygens (including phenoxy) is 1. The van der Waals surface area contributed by atoms with Gasteiger partial charge in [-0.05, 0) is 43.9 Å². The summed E-state index contributed by atoms with van der Waals surface area (Å²) in [6.07, 6.45) is 5.99. The van der Waals surface area contributed by atoms with Gasteiger partial charge in [-0.15, -0.1) is 0 Å². The third-order valence-electron chi connectivity index (χ3n) is 3.19. The zero-order valence-electron chi connectivity index (χ0n) is 10.0. The highest BCUT2D eigenvalue weighted by atomic mass is 16.5. The average molecular weight is 217 g/mol. The van der Waals surface area contributed by atoms with Gasteiger partial charge in [0.2, 0.25) is 0 Å². The molecule has 2 rings (SSSR count). The SMILES string of the molecule is C=c1c(OC)cc(C)c/c1=C/NC1CCC1. The van der Waals surface area contributed by atoms with Crippen molar-refractivity contribution in [1.82, 2.24) is 5.32 Å². The lowest BCUT2D eigenvalue weighted by atomic mass is 9.93. The monoisotopic (exact) mass is 217 g/mol. The van der Waals surface area contributed by atoms with E-state index in [0.29, 0.717) is 6.04 Å². The second-order valence-electron chi connectivity index (χ2n) is 4.47. The fourth-order valence-corrected chi connectivity index (χ4v) is 1.90. The van der Waals surface area contributed by atoms with Crippen LogP contribution < -0.4 is 20.5 Å². The molecular formula is C14H19NO. The van der Waals surface area contributed by atoms with Crippen molar-refractivity contribution in [2.75, 3.05) is 7.11 Å². The zero-order valence-corrected chi connectivity index (χ0v) is 10.0. The fraction of sp³-hybridized carbons (Fsp3) is 0.429. The second-order valence-corrected chi connectivity index (χ2v) is 4.47. The minimum Gasteiger partial charge on any atom is -0.496 e. The van der Waals surface area contributed by atoms with E-state index < -0.39 is 0 Å². The van der Waals surface area contributed by atoms with Gasteiger partial charge in [0.25, 0.3) is 0 Å². The van der Waals surface area contributed by atoms with Crippen molar-refractivity contribution < 1.29 is 4.74 Å². The van der Waals surface area contributed by atoms with Gasteiger partial charge in [-0.1, -0.05) is 6.58 Å². The molecule has 16 heavy (non-hydrogen) atoms. The van der Waals surface area contributed by atoms with Crippen molar-refractivity contribution in [3.8, 4) is 5.75 Å². The van der Waals surface area contributed by atoms with E-state index in [-0.39, 0.29) is 0 Å². The van der Waals surface area contributed by atoms with Crippen molar-refractivity contribution in [2.24, 2.45) is 0 Å². The van der Waals surface area contributed by atoms with E-state index in [1.807, 2.05) is 6.07 Å². The van der Waals surface area contributed by atoms with Crippen molar-refractivity contribution in [1.29, 1.82) is 0 Å². The molecule has 86 valence electrons. The van der Waals surface area contributed by atoms with Crippen LogP contribution in [0.5, 0.6) is 5.75 Å². The maximum absolute atomic E-state index is 5.30. The molecule has 2 nitrogen and oxygen atoms in total. The van der Waals surface area contributed by atoms with Gasteiger partial charge in [-0.2, -0.15) is 0 Å². The van der Waals surface area contributed by atoms with Gasteiger partial charge < -0.3 is 10.1 Å². The maximum atomic E-state index is 5.30. The smallest absolute Gasteiger partial charge is 0.126 e. The highest BCUT2D eigenvalue weighted by molar-refractivity contribution is 5.37. The van der Waals surface area contributed by atoms with Crippen molar-refractivity contribution in [3.05, 3.63) is 28.1 Å². The van der Waals surface area contributed by atoms with Crippen LogP contribution in [0.3, 0.4) is 0 Å². The van der Waals surface area contributed by atoms with Gasteiger partial charge in [-0.3, -0.25) is 0 Å². The van der Waals surface area contributed by atoms with E-state index in [1.54, 1.807) is 7.11 Å². The summed E-state index contributed by atoms with van der Waals surface area (Å²) in [4.78, 5) is 0. The van der Waals surface area contributed by atoms with Gasteiger partial charge in [0, 0.05) is 22.7 Å². The van der Waals surface area contributed by atoms with Gasteiger partial charge in [0.1, 0.15) is 5.75 Å². The molecule has 0 heterocycles. The molecule has 0 spiro atoms. The number of hydrogen-bond donors (Lipinski definition) is 1. The number of benzene rings is 1. The predicted molar refractivity (Wildman–Crippen MR) is 67.7 cm³/mol. The molecule has 0 bridgehead atoms. The Morgan fingerprint density at radius 3 is 2.75 bits per heavy atom. The molecule has 1 aromatic carbocycles. The Morgan fingerprint density at radius 1 is 1.44 bits per heavy atom. The second kappa shape index (κ2) is 4.60. The molecule has 0 saturated heterocycles. The van der Waals surface area contributed by atoms with Crippen molar-refractivity contribution >= 4 is 12.8 Å². The van der Waals surface area contributed by atoms with Crippen molar-refractivity contribution in [2.45, 2.75) is 32.2 Å². The van der Waals surface area contributed by atoms with Gasteiger partial charge in [0.05, 0.1) is 7.11 Å². The van der Waals surface area contributed by atoms with E-state index in [4.69, 9.17) is 4.74 Å². The molecule has 1 saturated carbocycles. The van der Waals surface area contributed by atoms with Crippen molar-refractivity contribution in [3.63, 3.8) is 0 Å². The number of nitrogens with one attached hydrogen (secondary N) is 1. The summed E-state index contributed by atoms with van der Waals surface area (Å²) in [5.41, 5.74) is 1.20. The van der Waals surface area contributed by atoms with E-state index in [1.165, 1.54) is 24.8 Å². The molecule has 0 unspecified atom stereocenters. The molecule has 1 aliphatic rings. The molecule has 0 aromatic heterocycles. The predicted octanol–water partition coefficient (Wildman–Crippen LogP) is 1.29. The minimum atomic E-state index is 0.658. The lowest BCUT2D eigenvalue weighted by Crippen LogP contribution is -2.35. The van der Waals surface area contributed by atoms with Crippen LogP contribution in [0.4, 0.5) is 0 Å². The minimum absolute atomic E-state index is 0.658. The van der Waals surface area contributed by atoms with E-state index in [9.17, 15) is 0 Å². The quantitative estimate of drug-likeness (QED) is 0.824. The van der Waals surface area contributed by atoms with Gasteiger partial charge in [0.15, 0.2) is 0 Å². The molecule has 0 radical (unpaired) electrons. The lowest BCUT2D eigenvalue weighted by molar-refractivity contribution is 0.381. The fourth-order valence-electron chi connectivity index (χ4n) is 1.90. The Balaban J connectivity index is 2.31. The first-order valence-corrected chi connectivity index (χ1v) is 5.80. The highest BCUT2D eigenvalue weighted by Gasteiger charge is 2.14. The summed E-state index contributed by atoms with van der Waals surface area (Å²) >= 11 is 0. The first-order valence-electron chi connectivity index (χ1n) is 5.80. The number of aryl methyl sites for hydroxylation is 1. The third kappa shape index (κ3) is 2.21. The third-order valence-corrected chi connectivity index (χ3v) is 3.19. The molecule has 1 fully saturated rings. The lowest BCUT2D eigenvalue weighted by Gasteiger charge is -2.25. The van der Waals surface area contributed by atoms with E-state index in [2.05, 4.69) is 31.1 Å². The van der Waals surface area contributed by atoms with Crippen LogP contribution in [-0.2, 0) is 0 Å². The Hall–Kier alpha value is -1.44. The van der Waals surface area contributed by atoms with Crippen LogP contribution in [0.15, 0.2) is 12.1 Å². The van der Waals surface area contributed by atoms with E-state index in [0.717, 1.165) is 16.2 Å². The standard InChI is InChI=1S/C14H19NO/c1-10-7-12(9-15-13-5-4-6-13)11(2)14(8-10)16-3/h7-9,13,15H,2,4-6H2,1,3H3/b12-9-. The molecule has 1 N–H and O–H groups in total. The number of methoxy groups -OCH3 is 1. The first kappa shape index (κ1) is 11.1. The summed E-state index contributed by atoms with van der Waals surface area (Å²) in [5.74, 6) is 0.863. The first-order chi connectivity index (χ1) is 7.70. The average Bonchev–Trinajstić information content (AvgIpc) is 2.20. The summed E-state index contributed by atoms with van der Waals surface area (Å²) in [5, 5.41) is 5.52. The molecule has 2 heteroatoms. The van der Waals surface area contributed by atoms with Crippen LogP contribution in [0.1, 0.15) is 24.8 Å². The Bertz CT molecular complexity index is 474. The zero-order chi connectivity index (χ0) is 11.5. The van der Waals surface area contributed by atoms with Gasteiger partial charge >= 0.3 is 0 Å². The van der Waals surface area contributed by atoms with Crippen LogP contribution in [0.25, 0.3) is 12.8 Å². The largest absolute Gasteiger partial charge is 0.496 e. The molecular weight excluding hydrogens is 198 g/mol. The Labute approximate surface area is 96.6 Å². The van der Waals surface area contributed by atoms with Crippen LogP contribution in [-0.4, -0.2) is 13.2 Å². The molecule has 0 atom stereocenters.